The number of nitrogens with zero attached hydrogens (tertiary/aromatic N) is 6. The Balaban J connectivity index is 1.25. The van der Waals surface area contributed by atoms with Gasteiger partial charge in [0.1, 0.15) is 0 Å². The lowest BCUT2D eigenvalue weighted by Gasteiger charge is -2.21. The average molecular weight is 530 g/mol. The number of aromatic nitrogens is 6. The van der Waals surface area contributed by atoms with Gasteiger partial charge in [-0.3, -0.25) is 14.8 Å². The van der Waals surface area contributed by atoms with Crippen LogP contribution in [0.5, 0.6) is 0 Å². The summed E-state index contributed by atoms with van der Waals surface area (Å²) in [6.07, 6.45) is 7.36. The van der Waals surface area contributed by atoms with Gasteiger partial charge in [-0.15, -0.1) is 10.2 Å². The molecule has 1 amide bonds. The van der Waals surface area contributed by atoms with E-state index in [0.717, 1.165) is 59.6 Å². The van der Waals surface area contributed by atoms with Crippen molar-refractivity contribution in [2.75, 3.05) is 25.0 Å². The molecule has 4 aromatic rings. The molecular formula is C27H31N9O3. The van der Waals surface area contributed by atoms with E-state index >= 15 is 0 Å². The van der Waals surface area contributed by atoms with Crippen LogP contribution in [0.4, 0.5) is 11.6 Å². The fourth-order valence-corrected chi connectivity index (χ4v) is 5.06. The lowest BCUT2D eigenvalue weighted by molar-refractivity contribution is 0.0893. The van der Waals surface area contributed by atoms with Crippen LogP contribution < -0.4 is 10.6 Å². The highest BCUT2D eigenvalue weighted by Crippen LogP contribution is 2.35. The highest BCUT2D eigenvalue weighted by Gasteiger charge is 2.29. The molecule has 202 valence electrons. The van der Waals surface area contributed by atoms with Gasteiger partial charge >= 0.3 is 11.8 Å². The molecule has 1 atom stereocenters. The Bertz CT molecular complexity index is 1460. The second-order valence-corrected chi connectivity index (χ2v) is 10.1. The van der Waals surface area contributed by atoms with Gasteiger partial charge in [0.05, 0.1) is 29.7 Å². The van der Waals surface area contributed by atoms with E-state index in [1.807, 2.05) is 25.1 Å². The van der Waals surface area contributed by atoms with E-state index in [1.165, 1.54) is 0 Å². The number of aliphatic hydroxyl groups is 1. The number of aryl methyl sites for hydroxylation is 1. The van der Waals surface area contributed by atoms with Crippen LogP contribution in [-0.2, 0) is 6.54 Å². The van der Waals surface area contributed by atoms with Gasteiger partial charge in [0, 0.05) is 43.5 Å². The zero-order valence-corrected chi connectivity index (χ0v) is 21.7. The number of aliphatic hydroxyl groups excluding tert-OH is 1. The van der Waals surface area contributed by atoms with Crippen molar-refractivity contribution < 1.29 is 14.3 Å². The Morgan fingerprint density at radius 1 is 1.23 bits per heavy atom. The molecule has 0 unspecified atom stereocenters. The molecule has 4 heterocycles. The third kappa shape index (κ3) is 5.38. The van der Waals surface area contributed by atoms with Gasteiger partial charge in [-0.05, 0) is 49.4 Å². The van der Waals surface area contributed by atoms with Crippen LogP contribution in [0.25, 0.3) is 11.3 Å². The van der Waals surface area contributed by atoms with Crippen LogP contribution in [0.1, 0.15) is 71.0 Å². The van der Waals surface area contributed by atoms with E-state index in [2.05, 4.69) is 47.0 Å². The predicted molar refractivity (Wildman–Crippen MR) is 142 cm³/mol. The highest BCUT2D eigenvalue weighted by atomic mass is 16.4. The first-order valence-corrected chi connectivity index (χ1v) is 13.3. The van der Waals surface area contributed by atoms with Crippen LogP contribution in [0, 0.1) is 6.92 Å². The van der Waals surface area contributed by atoms with Crippen molar-refractivity contribution in [3.05, 3.63) is 65.3 Å². The highest BCUT2D eigenvalue weighted by molar-refractivity contribution is 5.89. The molecule has 1 aliphatic heterocycles. The lowest BCUT2D eigenvalue weighted by Crippen LogP contribution is -2.31. The summed E-state index contributed by atoms with van der Waals surface area (Å²) in [7, 11) is 0. The number of H-pyrrole nitrogens is 1. The van der Waals surface area contributed by atoms with Gasteiger partial charge in [0.25, 0.3) is 0 Å². The fourth-order valence-electron chi connectivity index (χ4n) is 5.06. The third-order valence-electron chi connectivity index (χ3n) is 7.49. The number of hydrogen-bond donors (Lipinski definition) is 4. The Hall–Kier alpha value is -4.16. The molecule has 3 aromatic heterocycles. The first-order valence-electron chi connectivity index (χ1n) is 13.3. The van der Waals surface area contributed by atoms with Crippen LogP contribution in [0.2, 0.25) is 0 Å². The summed E-state index contributed by atoms with van der Waals surface area (Å²) in [6, 6.07) is 7.78. The van der Waals surface area contributed by atoms with Gasteiger partial charge in [0.15, 0.2) is 0 Å². The van der Waals surface area contributed by atoms with E-state index in [1.54, 1.807) is 12.4 Å². The molecule has 1 saturated carbocycles. The molecular weight excluding hydrogens is 498 g/mol. The van der Waals surface area contributed by atoms with Crippen molar-refractivity contribution in [2.24, 2.45) is 0 Å². The quantitative estimate of drug-likeness (QED) is 0.267. The molecule has 1 fully saturated rings. The number of aromatic amines is 1. The maximum Gasteiger partial charge on any atom is 0.309 e. The Morgan fingerprint density at radius 3 is 2.90 bits per heavy atom. The number of carbonyl (C=O) groups is 1. The smallest absolute Gasteiger partial charge is 0.309 e. The molecule has 1 aromatic carbocycles. The summed E-state index contributed by atoms with van der Waals surface area (Å²) in [5.74, 6) is 0.919. The van der Waals surface area contributed by atoms with Crippen LogP contribution in [-0.4, -0.2) is 66.0 Å². The largest absolute Gasteiger partial charge is 0.417 e. The average Bonchev–Trinajstić information content (AvgIpc) is 3.51. The number of benzene rings is 1. The number of nitrogens with one attached hydrogen (secondary N) is 3. The monoisotopic (exact) mass is 529 g/mol. The van der Waals surface area contributed by atoms with Gasteiger partial charge in [-0.2, -0.15) is 5.10 Å². The van der Waals surface area contributed by atoms with E-state index in [9.17, 15) is 9.90 Å². The van der Waals surface area contributed by atoms with Crippen LogP contribution in [0.15, 0.2) is 41.1 Å². The van der Waals surface area contributed by atoms with E-state index in [4.69, 9.17) is 9.40 Å². The Labute approximate surface area is 225 Å². The first-order chi connectivity index (χ1) is 19.1. The van der Waals surface area contributed by atoms with Crippen LogP contribution >= 0.6 is 0 Å². The van der Waals surface area contributed by atoms with E-state index in [-0.39, 0.29) is 30.4 Å². The summed E-state index contributed by atoms with van der Waals surface area (Å²) >= 11 is 0. The number of hydrogen-bond acceptors (Lipinski definition) is 10. The van der Waals surface area contributed by atoms with Crippen molar-refractivity contribution in [1.82, 2.24) is 40.6 Å². The van der Waals surface area contributed by atoms with E-state index < -0.39 is 0 Å². The SMILES string of the molecule is Cc1n[nH]cc1Nc1nccc(-c2ccc3c(c2)CN(CCO)CC[C@@H]3NC(=O)c2nnc(C3CCC3)o2)n1. The molecule has 12 heteroatoms. The number of fused-ring (bicyclic) bond motifs is 1. The Kier molecular flexibility index (Phi) is 7.03. The van der Waals surface area contributed by atoms with Gasteiger partial charge in [-0.25, -0.2) is 9.97 Å². The lowest BCUT2D eigenvalue weighted by atomic mass is 9.85. The standard InChI is InChI=1S/C27H31N9O3/c1-16-23(14-29-33-16)32-27-28-9-7-21(31-27)18-5-6-20-19(13-18)15-36(11-12-37)10-8-22(20)30-24(38)26-35-34-25(39-26)17-3-2-4-17/h5-7,9,13-14,17,22,37H,2-4,8,10-12,15H2,1H3,(H,29,33)(H,30,38)(H,28,31,32)/t22-/m0/s1. The number of carbonyl (C=O) groups excluding carboxylic acids is 1. The molecule has 0 bridgehead atoms. The maximum absolute atomic E-state index is 13.1. The molecule has 4 N–H and O–H groups in total. The van der Waals surface area contributed by atoms with Gasteiger partial charge < -0.3 is 20.2 Å². The van der Waals surface area contributed by atoms with Crippen molar-refractivity contribution in [3.8, 4) is 11.3 Å². The molecule has 0 saturated heterocycles. The normalized spacial score (nSPS) is 17.7. The fraction of sp³-hybridized carbons (Fsp3) is 0.407. The molecule has 1 aliphatic carbocycles. The molecule has 39 heavy (non-hydrogen) atoms. The topological polar surface area (TPSA) is 158 Å². The second kappa shape index (κ2) is 10.9. The molecule has 6 rings (SSSR count). The molecule has 0 radical (unpaired) electrons. The Morgan fingerprint density at radius 2 is 2.13 bits per heavy atom. The van der Waals surface area contributed by atoms with Crippen molar-refractivity contribution in [2.45, 2.75) is 51.1 Å². The number of β-amino-alcohol motifs (C(OH)–C–C–N with tert-alkyl or cyclic N) is 1. The summed E-state index contributed by atoms with van der Waals surface area (Å²) in [4.78, 5) is 24.3. The van der Waals surface area contributed by atoms with Crippen molar-refractivity contribution in [3.63, 3.8) is 0 Å². The maximum atomic E-state index is 13.1. The number of amides is 1. The minimum absolute atomic E-state index is 0.000375. The summed E-state index contributed by atoms with van der Waals surface area (Å²) in [6.45, 7) is 3.87. The van der Waals surface area contributed by atoms with Gasteiger partial charge in [0.2, 0.25) is 11.8 Å². The van der Waals surface area contributed by atoms with Gasteiger partial charge in [-0.1, -0.05) is 18.6 Å². The molecule has 0 spiro atoms. The number of anilines is 2. The first kappa shape index (κ1) is 25.1. The van der Waals surface area contributed by atoms with Crippen molar-refractivity contribution in [1.29, 1.82) is 0 Å². The molecule has 2 aliphatic rings. The van der Waals surface area contributed by atoms with Crippen LogP contribution in [0.3, 0.4) is 0 Å². The summed E-state index contributed by atoms with van der Waals surface area (Å²) in [5, 5.41) is 31.0. The molecule has 12 nitrogen and oxygen atoms in total. The number of rotatable bonds is 8. The minimum atomic E-state index is -0.371. The second-order valence-electron chi connectivity index (χ2n) is 10.1. The zero-order chi connectivity index (χ0) is 26.8. The predicted octanol–water partition coefficient (Wildman–Crippen LogP) is 3.24. The summed E-state index contributed by atoms with van der Waals surface area (Å²) < 4.78 is 5.70. The third-order valence-corrected chi connectivity index (χ3v) is 7.49. The van der Waals surface area contributed by atoms with Crippen molar-refractivity contribution >= 4 is 17.5 Å². The minimum Gasteiger partial charge on any atom is -0.417 e. The summed E-state index contributed by atoms with van der Waals surface area (Å²) in [5.41, 5.74) is 5.42. The van der Waals surface area contributed by atoms with E-state index in [0.29, 0.717) is 31.3 Å². The zero-order valence-electron chi connectivity index (χ0n) is 21.7.